The summed E-state index contributed by atoms with van der Waals surface area (Å²) in [4.78, 5) is 35.0. The van der Waals surface area contributed by atoms with Crippen LogP contribution in [-0.4, -0.2) is 36.9 Å². The molecule has 4 saturated carbocycles. The van der Waals surface area contributed by atoms with E-state index in [2.05, 4.69) is 10.6 Å². The van der Waals surface area contributed by atoms with Crippen molar-refractivity contribution >= 4 is 17.5 Å². The molecular weight excluding hydrogens is 386 g/mol. The Bertz CT molecular complexity index is 818. The average molecular weight is 415 g/mol. The molecule has 4 bridgehead atoms. The summed E-state index contributed by atoms with van der Waals surface area (Å²) < 4.78 is 4.93. The summed E-state index contributed by atoms with van der Waals surface area (Å²) in [6.07, 6.45) is 9.15. The zero-order chi connectivity index (χ0) is 21.3. The molecule has 1 aromatic rings. The van der Waals surface area contributed by atoms with Crippen molar-refractivity contribution in [3.63, 3.8) is 0 Å². The Morgan fingerprint density at radius 1 is 1.13 bits per heavy atom. The monoisotopic (exact) mass is 415 g/mol. The van der Waals surface area contributed by atoms with Crippen molar-refractivity contribution in [3.8, 4) is 5.75 Å². The van der Waals surface area contributed by atoms with Gasteiger partial charge in [0.15, 0.2) is 5.75 Å². The molecule has 0 heterocycles. The Balaban J connectivity index is 1.24. The first-order valence-electron chi connectivity index (χ1n) is 10.7. The summed E-state index contributed by atoms with van der Waals surface area (Å²) in [6.45, 7) is 0.481. The van der Waals surface area contributed by atoms with E-state index >= 15 is 0 Å². The quantitative estimate of drug-likeness (QED) is 0.501. The minimum Gasteiger partial charge on any atom is -0.490 e. The minimum atomic E-state index is -0.604. The summed E-state index contributed by atoms with van der Waals surface area (Å²) in [7, 11) is 1.33. The predicted octanol–water partition coefficient (Wildman–Crippen LogP) is 3.06. The number of benzene rings is 1. The highest BCUT2D eigenvalue weighted by molar-refractivity contribution is 5.97. The molecule has 0 spiro atoms. The van der Waals surface area contributed by atoms with Gasteiger partial charge in [-0.3, -0.25) is 19.7 Å². The van der Waals surface area contributed by atoms with E-state index in [0.717, 1.165) is 30.2 Å². The van der Waals surface area contributed by atoms with Crippen LogP contribution >= 0.6 is 0 Å². The second-order valence-electron chi connectivity index (χ2n) is 9.34. The lowest BCUT2D eigenvalue weighted by molar-refractivity contribution is -0.385. The fraction of sp³-hybridized carbons (Fsp3) is 0.636. The summed E-state index contributed by atoms with van der Waals surface area (Å²) in [5.74, 6) is 1.98. The number of amides is 2. The van der Waals surface area contributed by atoms with Gasteiger partial charge in [-0.1, -0.05) is 0 Å². The van der Waals surface area contributed by atoms with Crippen LogP contribution in [-0.2, 0) is 4.79 Å². The van der Waals surface area contributed by atoms with E-state index in [1.807, 2.05) is 0 Å². The highest BCUT2D eigenvalue weighted by Crippen LogP contribution is 2.61. The van der Waals surface area contributed by atoms with Gasteiger partial charge in [-0.2, -0.15) is 0 Å². The number of hydrogen-bond acceptors (Lipinski definition) is 5. The van der Waals surface area contributed by atoms with Crippen molar-refractivity contribution in [3.05, 3.63) is 33.9 Å². The molecule has 4 aliphatic carbocycles. The molecule has 8 heteroatoms. The van der Waals surface area contributed by atoms with Crippen LogP contribution in [0, 0.1) is 33.3 Å². The molecule has 162 valence electrons. The van der Waals surface area contributed by atoms with E-state index in [4.69, 9.17) is 4.74 Å². The molecule has 30 heavy (non-hydrogen) atoms. The van der Waals surface area contributed by atoms with Crippen LogP contribution in [0.2, 0.25) is 0 Å². The van der Waals surface area contributed by atoms with Gasteiger partial charge >= 0.3 is 5.69 Å². The van der Waals surface area contributed by atoms with Gasteiger partial charge in [0.25, 0.3) is 5.91 Å². The predicted molar refractivity (Wildman–Crippen MR) is 110 cm³/mol. The first kappa shape index (κ1) is 20.6. The Morgan fingerprint density at radius 3 is 2.33 bits per heavy atom. The van der Waals surface area contributed by atoms with Crippen molar-refractivity contribution in [2.45, 2.75) is 44.9 Å². The summed E-state index contributed by atoms with van der Waals surface area (Å²) >= 11 is 0. The first-order chi connectivity index (χ1) is 14.4. The van der Waals surface area contributed by atoms with Gasteiger partial charge in [0.2, 0.25) is 5.91 Å². The molecule has 1 aromatic carbocycles. The average Bonchev–Trinajstić information content (AvgIpc) is 2.70. The van der Waals surface area contributed by atoms with Crippen LogP contribution in [0.25, 0.3) is 0 Å². The number of carbonyl (C=O) groups excluding carboxylic acids is 2. The lowest BCUT2D eigenvalue weighted by Crippen LogP contribution is -2.47. The zero-order valence-electron chi connectivity index (χ0n) is 17.3. The summed E-state index contributed by atoms with van der Waals surface area (Å²) in [5.41, 5.74) is 0.238. The molecule has 0 atom stereocenters. The highest BCUT2D eigenvalue weighted by atomic mass is 16.6. The number of hydrogen-bond donors (Lipinski definition) is 2. The van der Waals surface area contributed by atoms with Gasteiger partial charge in [-0.15, -0.1) is 0 Å². The molecule has 0 aromatic heterocycles. The third-order valence-corrected chi connectivity index (χ3v) is 7.19. The van der Waals surface area contributed by atoms with Gasteiger partial charge in [-0.05, 0) is 80.2 Å². The number of nitro benzene ring substituents is 1. The molecule has 0 aliphatic heterocycles. The van der Waals surface area contributed by atoms with Crippen molar-refractivity contribution in [2.24, 2.45) is 23.2 Å². The van der Waals surface area contributed by atoms with Crippen LogP contribution in [0.1, 0.15) is 55.3 Å². The van der Waals surface area contributed by atoms with E-state index in [0.29, 0.717) is 12.0 Å². The Labute approximate surface area is 175 Å². The maximum Gasteiger partial charge on any atom is 0.311 e. The molecule has 0 unspecified atom stereocenters. The number of carbonyl (C=O) groups is 2. The Kier molecular flexibility index (Phi) is 5.66. The normalized spacial score (nSPS) is 28.8. The van der Waals surface area contributed by atoms with E-state index in [9.17, 15) is 19.7 Å². The summed E-state index contributed by atoms with van der Waals surface area (Å²) in [6, 6.07) is 3.96. The Morgan fingerprint density at radius 2 is 1.77 bits per heavy atom. The molecule has 2 amide bonds. The number of nitrogens with one attached hydrogen (secondary N) is 2. The van der Waals surface area contributed by atoms with Crippen LogP contribution in [0.4, 0.5) is 5.69 Å². The first-order valence-corrected chi connectivity index (χ1v) is 10.7. The maximum absolute atomic E-state index is 12.3. The van der Waals surface area contributed by atoms with Gasteiger partial charge in [0.05, 0.1) is 18.6 Å². The number of nitrogens with zero attached hydrogens (tertiary/aromatic N) is 1. The topological polar surface area (TPSA) is 111 Å². The smallest absolute Gasteiger partial charge is 0.311 e. The molecular formula is C22H29N3O5. The van der Waals surface area contributed by atoms with Crippen LogP contribution < -0.4 is 15.4 Å². The fourth-order valence-electron chi connectivity index (χ4n) is 6.36. The molecule has 4 fully saturated rings. The van der Waals surface area contributed by atoms with Crippen molar-refractivity contribution < 1.29 is 19.2 Å². The van der Waals surface area contributed by atoms with Gasteiger partial charge in [-0.25, -0.2) is 0 Å². The second-order valence-corrected chi connectivity index (χ2v) is 9.34. The van der Waals surface area contributed by atoms with Crippen molar-refractivity contribution in [1.82, 2.24) is 10.6 Å². The standard InChI is InChI=1S/C22H29N3O5/c1-30-19-3-2-17(9-18(19)25(28)29)21(27)24-13-20(26)23-5-4-22-10-14-6-15(11-22)8-16(7-14)12-22/h2-3,9,14-16H,4-8,10-13H2,1H3,(H,23,26)(H,24,27). The van der Waals surface area contributed by atoms with Crippen molar-refractivity contribution in [2.75, 3.05) is 20.2 Å². The summed E-state index contributed by atoms with van der Waals surface area (Å²) in [5, 5.41) is 16.6. The fourth-order valence-corrected chi connectivity index (χ4v) is 6.36. The highest BCUT2D eigenvalue weighted by Gasteiger charge is 2.50. The molecule has 4 aliphatic rings. The van der Waals surface area contributed by atoms with Crippen LogP contribution in [0.5, 0.6) is 5.75 Å². The molecule has 0 radical (unpaired) electrons. The second kappa shape index (κ2) is 8.24. The largest absolute Gasteiger partial charge is 0.490 e. The number of rotatable bonds is 8. The number of methoxy groups -OCH3 is 1. The Hall–Kier alpha value is -2.64. The van der Waals surface area contributed by atoms with E-state index in [1.165, 1.54) is 57.8 Å². The third kappa shape index (κ3) is 4.27. The molecule has 8 nitrogen and oxygen atoms in total. The van der Waals surface area contributed by atoms with E-state index in [1.54, 1.807) is 0 Å². The maximum atomic E-state index is 12.3. The van der Waals surface area contributed by atoms with Gasteiger partial charge in [0.1, 0.15) is 0 Å². The number of nitro groups is 1. The molecule has 2 N–H and O–H groups in total. The lowest BCUT2D eigenvalue weighted by Gasteiger charge is -2.57. The van der Waals surface area contributed by atoms with Crippen molar-refractivity contribution in [1.29, 1.82) is 0 Å². The minimum absolute atomic E-state index is 0.0824. The zero-order valence-corrected chi connectivity index (χ0v) is 17.3. The number of ether oxygens (including phenoxy) is 1. The van der Waals surface area contributed by atoms with E-state index in [-0.39, 0.29) is 29.5 Å². The SMILES string of the molecule is COc1ccc(C(=O)NCC(=O)NCCC23CC4CC(CC(C4)C2)C3)cc1[N+](=O)[O-]. The van der Waals surface area contributed by atoms with Gasteiger partial charge < -0.3 is 15.4 Å². The van der Waals surface area contributed by atoms with Crippen LogP contribution in [0.15, 0.2) is 18.2 Å². The lowest BCUT2D eigenvalue weighted by atomic mass is 9.49. The molecule has 0 saturated heterocycles. The van der Waals surface area contributed by atoms with Gasteiger partial charge in [0, 0.05) is 18.2 Å². The van der Waals surface area contributed by atoms with Crippen LogP contribution in [0.3, 0.4) is 0 Å². The molecule has 5 rings (SSSR count). The van der Waals surface area contributed by atoms with E-state index < -0.39 is 10.8 Å². The third-order valence-electron chi connectivity index (χ3n) is 7.19.